The summed E-state index contributed by atoms with van der Waals surface area (Å²) < 4.78 is 6.64. The molecule has 0 aromatic heterocycles. The van der Waals surface area contributed by atoms with E-state index in [2.05, 4.69) is 53.4 Å². The van der Waals surface area contributed by atoms with Gasteiger partial charge in [-0.15, -0.1) is 0 Å². The Kier molecular flexibility index (Phi) is 8.91. The molecule has 3 aromatic carbocycles. The number of hydrogen-bond donors (Lipinski definition) is 1. The van der Waals surface area contributed by atoms with E-state index in [9.17, 15) is 14.7 Å². The van der Waals surface area contributed by atoms with Gasteiger partial charge < -0.3 is 14.7 Å². The van der Waals surface area contributed by atoms with Crippen molar-refractivity contribution in [1.82, 2.24) is 4.90 Å². The van der Waals surface area contributed by atoms with Crippen LogP contribution in [0, 0.1) is 0 Å². The number of likely N-dealkylation sites (tertiary alicyclic amines) is 1. The summed E-state index contributed by atoms with van der Waals surface area (Å²) in [7, 11) is 0. The molecule has 194 valence electrons. The molecule has 1 heterocycles. The molecule has 5 nitrogen and oxygen atoms in total. The van der Waals surface area contributed by atoms with Crippen molar-refractivity contribution in [2.24, 2.45) is 0 Å². The highest BCUT2D eigenvalue weighted by Crippen LogP contribution is 2.30. The summed E-state index contributed by atoms with van der Waals surface area (Å²) in [4.78, 5) is 26.5. The molecule has 1 atom stereocenters. The second-order valence-electron chi connectivity index (χ2n) is 10.4. The summed E-state index contributed by atoms with van der Waals surface area (Å²) in [5, 5.41) is 9.40. The number of rotatable bonds is 11. The van der Waals surface area contributed by atoms with Crippen LogP contribution >= 0.6 is 0 Å². The van der Waals surface area contributed by atoms with Gasteiger partial charge in [-0.05, 0) is 56.3 Å². The fourth-order valence-electron chi connectivity index (χ4n) is 4.87. The van der Waals surface area contributed by atoms with Gasteiger partial charge in [-0.1, -0.05) is 84.9 Å². The van der Waals surface area contributed by atoms with E-state index >= 15 is 0 Å². The molecule has 1 N–H and O–H groups in total. The summed E-state index contributed by atoms with van der Waals surface area (Å²) in [6.45, 7) is 6.17. The van der Waals surface area contributed by atoms with E-state index in [-0.39, 0.29) is 18.0 Å². The molecule has 1 aliphatic rings. The number of hydrogen-bond acceptors (Lipinski definition) is 4. The lowest BCUT2D eigenvalue weighted by molar-refractivity contribution is -0.142. The van der Waals surface area contributed by atoms with Crippen LogP contribution in [0.4, 0.5) is 0 Å². The molecule has 1 unspecified atom stereocenters. The monoisotopic (exact) mass is 511 g/mol. The minimum atomic E-state index is -0.973. The first kappa shape index (κ1) is 26.8. The molecule has 0 aliphatic carbocycles. The van der Waals surface area contributed by atoms with Gasteiger partial charge in [0.2, 0.25) is 0 Å². The van der Waals surface area contributed by atoms with E-state index in [1.807, 2.05) is 12.1 Å². The van der Waals surface area contributed by atoms with E-state index in [0.717, 1.165) is 38.9 Å². The van der Waals surface area contributed by atoms with Gasteiger partial charge in [0.25, 0.3) is 0 Å². The maximum atomic E-state index is 12.7. The van der Waals surface area contributed by atoms with Crippen molar-refractivity contribution >= 4 is 11.8 Å². The molecule has 0 spiro atoms. The Morgan fingerprint density at radius 2 is 1.68 bits per heavy atom. The van der Waals surface area contributed by atoms with E-state index in [4.69, 9.17) is 4.74 Å². The van der Waals surface area contributed by atoms with Crippen LogP contribution < -0.4 is 0 Å². The second-order valence-corrected chi connectivity index (χ2v) is 10.4. The molecule has 0 radical (unpaired) electrons. The number of ketones is 1. The van der Waals surface area contributed by atoms with Crippen molar-refractivity contribution < 1.29 is 19.4 Å². The summed E-state index contributed by atoms with van der Waals surface area (Å²) in [6.07, 6.45) is 3.39. The van der Waals surface area contributed by atoms with Crippen LogP contribution in [0.5, 0.6) is 0 Å². The van der Waals surface area contributed by atoms with Gasteiger partial charge in [-0.2, -0.15) is 0 Å². The van der Waals surface area contributed by atoms with Gasteiger partial charge in [-0.3, -0.25) is 9.59 Å². The zero-order valence-corrected chi connectivity index (χ0v) is 21.8. The summed E-state index contributed by atoms with van der Waals surface area (Å²) >= 11 is 0. The molecular formula is C32H37NO4. The third kappa shape index (κ3) is 6.94. The topological polar surface area (TPSA) is 66.8 Å². The van der Waals surface area contributed by atoms with Gasteiger partial charge in [0.05, 0.1) is 11.5 Å². The van der Waals surface area contributed by atoms with Gasteiger partial charge in [-0.25, -0.2) is 0 Å². The number of carbonyl (C=O) groups is 2. The fourth-order valence-corrected chi connectivity index (χ4v) is 4.87. The minimum absolute atomic E-state index is 0.0657. The number of carboxylic acids is 1. The highest BCUT2D eigenvalue weighted by atomic mass is 16.5. The molecule has 0 saturated carbocycles. The highest BCUT2D eigenvalue weighted by Gasteiger charge is 2.29. The van der Waals surface area contributed by atoms with E-state index < -0.39 is 11.4 Å². The number of benzene rings is 3. The Morgan fingerprint density at radius 1 is 1.03 bits per heavy atom. The molecule has 1 saturated heterocycles. The number of carboxylic acid groups (broad SMARTS) is 1. The third-order valence-corrected chi connectivity index (χ3v) is 7.41. The van der Waals surface area contributed by atoms with Crippen LogP contribution in [0.1, 0.15) is 72.7 Å². The van der Waals surface area contributed by atoms with Crippen LogP contribution in [0.15, 0.2) is 84.9 Å². The lowest BCUT2D eigenvalue weighted by Gasteiger charge is -2.34. The normalized spacial score (nSPS) is 15.8. The van der Waals surface area contributed by atoms with Crippen LogP contribution in [0.2, 0.25) is 0 Å². The van der Waals surface area contributed by atoms with Crippen LogP contribution in [-0.4, -0.2) is 47.5 Å². The average Bonchev–Trinajstić information content (AvgIpc) is 2.93. The molecule has 0 bridgehead atoms. The lowest BCUT2D eigenvalue weighted by atomic mass is 9.84. The van der Waals surface area contributed by atoms with Gasteiger partial charge in [0.15, 0.2) is 5.78 Å². The van der Waals surface area contributed by atoms with Crippen molar-refractivity contribution in [2.75, 3.05) is 19.6 Å². The number of piperidine rings is 1. The van der Waals surface area contributed by atoms with Crippen LogP contribution in [0.25, 0.3) is 0 Å². The Hall–Kier alpha value is -3.28. The third-order valence-electron chi connectivity index (χ3n) is 7.41. The predicted molar refractivity (Wildman–Crippen MR) is 146 cm³/mol. The Morgan fingerprint density at radius 3 is 2.30 bits per heavy atom. The van der Waals surface area contributed by atoms with Crippen molar-refractivity contribution in [1.29, 1.82) is 0 Å². The Bertz CT molecular complexity index is 1110. The molecule has 5 heteroatoms. The Balaban J connectivity index is 1.24. The number of aliphatic carboxylic acids is 1. The largest absolute Gasteiger partial charge is 0.481 e. The maximum absolute atomic E-state index is 12.7. The number of ether oxygens (including phenoxy) is 1. The van der Waals surface area contributed by atoms with Crippen molar-refractivity contribution in [3.8, 4) is 0 Å². The average molecular weight is 512 g/mol. The first-order valence-electron chi connectivity index (χ1n) is 13.2. The SMILES string of the molecule is CC(C)(C(=O)O)c1ccc(C(=O)CCCN2CCC(OC(c3ccccc3)[14c]3[14cH][14cH][14cH][14cH][14cH]3)CC2)cc1. The van der Waals surface area contributed by atoms with Gasteiger partial charge in [0.1, 0.15) is 6.10 Å². The number of nitrogens with zero attached hydrogens (tertiary/aromatic N) is 1. The standard InChI is InChI=1S/C32H37NO4/c1-32(2,31(35)36)27-17-15-24(16-18-27)29(34)14-9-21-33-22-19-28(20-23-33)37-30(25-10-5-3-6-11-25)26-12-7-4-8-13-26/h3-8,10-13,15-18,28,30H,9,14,19-23H2,1-2H3,(H,35,36)/i3+2,5+2,6+2,10+2,11+2,25+2. The minimum Gasteiger partial charge on any atom is -0.481 e. The van der Waals surface area contributed by atoms with Gasteiger partial charge >= 0.3 is 5.97 Å². The maximum Gasteiger partial charge on any atom is 0.313 e. The fraction of sp³-hybridized carbons (Fsp3) is 0.375. The van der Waals surface area contributed by atoms with Crippen LogP contribution in [-0.2, 0) is 14.9 Å². The van der Waals surface area contributed by atoms with Gasteiger partial charge in [0, 0.05) is 25.1 Å². The summed E-state index contributed by atoms with van der Waals surface area (Å²) in [5.74, 6) is -0.775. The molecule has 4 rings (SSSR count). The molecular weight excluding hydrogens is 474 g/mol. The highest BCUT2D eigenvalue weighted by molar-refractivity contribution is 5.96. The summed E-state index contributed by atoms with van der Waals surface area (Å²) in [5.41, 5.74) is 2.72. The first-order valence-corrected chi connectivity index (χ1v) is 13.2. The smallest absolute Gasteiger partial charge is 0.313 e. The van der Waals surface area contributed by atoms with Crippen molar-refractivity contribution in [3.05, 3.63) is 107 Å². The van der Waals surface area contributed by atoms with Crippen molar-refractivity contribution in [3.63, 3.8) is 0 Å². The van der Waals surface area contributed by atoms with E-state index in [0.29, 0.717) is 17.5 Å². The predicted octanol–water partition coefficient (Wildman–Crippen LogP) is 6.28. The second kappa shape index (κ2) is 12.3. The quantitative estimate of drug-likeness (QED) is 0.307. The molecule has 1 aliphatic heterocycles. The zero-order chi connectivity index (χ0) is 26.3. The molecule has 37 heavy (non-hydrogen) atoms. The molecule has 0 amide bonds. The van der Waals surface area contributed by atoms with Crippen LogP contribution in [0.3, 0.4) is 0 Å². The van der Waals surface area contributed by atoms with Crippen molar-refractivity contribution in [2.45, 2.75) is 57.2 Å². The van der Waals surface area contributed by atoms with E-state index in [1.54, 1.807) is 38.1 Å². The number of carbonyl (C=O) groups excluding carboxylic acids is 1. The number of Topliss-reactive ketones (excluding diaryl/α,β-unsaturated/α-hetero) is 1. The Labute approximate surface area is 220 Å². The van der Waals surface area contributed by atoms with E-state index in [1.165, 1.54) is 11.1 Å². The first-order chi connectivity index (χ1) is 17.8. The zero-order valence-electron chi connectivity index (χ0n) is 21.8. The summed E-state index contributed by atoms with van der Waals surface area (Å²) in [6, 6.07) is 27.8. The lowest BCUT2D eigenvalue weighted by Crippen LogP contribution is -2.38. The molecule has 3 aromatic rings. The molecule has 1 fully saturated rings.